The van der Waals surface area contributed by atoms with Gasteiger partial charge in [-0.2, -0.15) is 11.8 Å². The maximum atomic E-state index is 14.6. The molecule has 334 valence electrons. The topological polar surface area (TPSA) is 89.7 Å². The van der Waals surface area contributed by atoms with Gasteiger partial charge in [0, 0.05) is 36.7 Å². The minimum atomic E-state index is -0.980. The minimum Gasteiger partial charge on any atom is -0.489 e. The third-order valence-corrected chi connectivity index (χ3v) is 14.4. The molecule has 60 heavy (non-hydrogen) atoms. The van der Waals surface area contributed by atoms with Gasteiger partial charge in [-0.05, 0) is 79.5 Å². The van der Waals surface area contributed by atoms with Crippen molar-refractivity contribution in [1.82, 2.24) is 0 Å². The number of unbranched alkanes of at least 4 members (excludes halogenated alkanes) is 15. The molecule has 9 heteroatoms. The van der Waals surface area contributed by atoms with Crippen molar-refractivity contribution in [1.29, 1.82) is 0 Å². The van der Waals surface area contributed by atoms with Gasteiger partial charge in [-0.25, -0.2) is 4.39 Å². The Hall–Kier alpha value is -2.85. The van der Waals surface area contributed by atoms with Crippen molar-refractivity contribution >= 4 is 17.5 Å². The van der Waals surface area contributed by atoms with E-state index in [4.69, 9.17) is 24.2 Å². The number of rotatable bonds is 31. The van der Waals surface area contributed by atoms with E-state index < -0.39 is 5.79 Å². The standard InChI is InChI=1S/C51H76FNO6S/c1-4-6-7-8-9-10-11-12-13-14-15-16-17-24-34-60-48-37-46(53-56-3)43-35-39(25-20-22-31-54)42(27-21-23-32-55)49-44-36-41(57-38-40-26-18-19-28-45(40)52)29-30-47(44)59-51(48,50(43)49)58-33-5-2/h5,18-19,26,28-30,35-36,39,42,48-50,54-55H,2,4,6-17,20-25,27,31-34,37-38H2,1,3H3/t39-,42+,48-,49+,50+,51+/m0/s1. The number of allylic oxidation sites excluding steroid dienone is 1. The number of aliphatic hydroxyl groups is 2. The first-order chi connectivity index (χ1) is 29.5. The van der Waals surface area contributed by atoms with Crippen LogP contribution >= 0.6 is 11.8 Å². The third kappa shape index (κ3) is 13.3. The molecule has 1 aliphatic heterocycles. The molecule has 2 aliphatic carbocycles. The molecule has 0 unspecified atom stereocenters. The molecule has 1 fully saturated rings. The first-order valence-electron chi connectivity index (χ1n) is 23.6. The summed E-state index contributed by atoms with van der Waals surface area (Å²) in [7, 11) is 1.63. The Balaban J connectivity index is 1.38. The minimum absolute atomic E-state index is 0.0140. The van der Waals surface area contributed by atoms with E-state index in [2.05, 4.69) is 25.6 Å². The molecular weight excluding hydrogens is 774 g/mol. The Bertz CT molecular complexity index is 1620. The lowest BCUT2D eigenvalue weighted by atomic mass is 9.56. The van der Waals surface area contributed by atoms with Crippen molar-refractivity contribution in [2.75, 3.05) is 32.7 Å². The molecule has 6 atom stereocenters. The van der Waals surface area contributed by atoms with Crippen molar-refractivity contribution in [2.45, 2.75) is 165 Å². The number of thioether (sulfide) groups is 1. The SMILES string of the molecule is C=CCO[C@@]12Oc3ccc(OCc4ccccc4F)cc3[C@H]3[C@H](CCCCO)[C@@H](CCCCO)C=C(C(=NOC)C[C@@H]1SCCCCCCCCCCCCCCCC)[C@H]32. The maximum Gasteiger partial charge on any atom is 0.230 e. The largest absolute Gasteiger partial charge is 0.489 e. The molecule has 1 saturated carbocycles. The average molecular weight is 850 g/mol. The van der Waals surface area contributed by atoms with Crippen LogP contribution in [0.25, 0.3) is 0 Å². The van der Waals surface area contributed by atoms with E-state index in [0.29, 0.717) is 24.3 Å². The van der Waals surface area contributed by atoms with E-state index >= 15 is 0 Å². The van der Waals surface area contributed by atoms with Crippen LogP contribution in [-0.4, -0.2) is 59.6 Å². The zero-order valence-corrected chi connectivity index (χ0v) is 37.8. The molecule has 0 amide bonds. The summed E-state index contributed by atoms with van der Waals surface area (Å²) in [5, 5.41) is 24.4. The highest BCUT2D eigenvalue weighted by molar-refractivity contribution is 8.00. The number of benzene rings is 2. The maximum absolute atomic E-state index is 14.6. The van der Waals surface area contributed by atoms with Crippen molar-refractivity contribution in [3.05, 3.63) is 83.7 Å². The second-order valence-electron chi connectivity index (χ2n) is 17.3. The summed E-state index contributed by atoms with van der Waals surface area (Å²) < 4.78 is 35.3. The van der Waals surface area contributed by atoms with E-state index in [1.807, 2.05) is 36.0 Å². The molecule has 3 aliphatic rings. The molecule has 0 aromatic heterocycles. The van der Waals surface area contributed by atoms with Crippen LogP contribution in [0.2, 0.25) is 0 Å². The highest BCUT2D eigenvalue weighted by atomic mass is 32.2. The predicted octanol–water partition coefficient (Wildman–Crippen LogP) is 12.9. The number of ether oxygens (including phenoxy) is 3. The molecule has 2 aromatic rings. The number of hydrogen-bond acceptors (Lipinski definition) is 8. The van der Waals surface area contributed by atoms with Crippen LogP contribution < -0.4 is 9.47 Å². The molecule has 5 rings (SSSR count). The van der Waals surface area contributed by atoms with Gasteiger partial charge in [-0.1, -0.05) is 139 Å². The van der Waals surface area contributed by atoms with Gasteiger partial charge in [-0.15, -0.1) is 6.58 Å². The van der Waals surface area contributed by atoms with E-state index in [0.717, 1.165) is 73.3 Å². The fourth-order valence-corrected chi connectivity index (χ4v) is 11.4. The Labute approximate surface area is 366 Å². The Kier molecular flexibility index (Phi) is 21.4. The van der Waals surface area contributed by atoms with Crippen LogP contribution in [0.15, 0.2) is 71.9 Å². The van der Waals surface area contributed by atoms with Gasteiger partial charge in [-0.3, -0.25) is 0 Å². The quantitative estimate of drug-likeness (QED) is 0.0444. The highest BCUT2D eigenvalue weighted by Gasteiger charge is 2.63. The number of halogens is 1. The first kappa shape index (κ1) is 48.2. The summed E-state index contributed by atoms with van der Waals surface area (Å²) in [6.07, 6.45) is 28.7. The molecule has 0 saturated heterocycles. The zero-order valence-electron chi connectivity index (χ0n) is 36.9. The summed E-state index contributed by atoms with van der Waals surface area (Å²) >= 11 is 1.94. The van der Waals surface area contributed by atoms with Gasteiger partial charge >= 0.3 is 0 Å². The van der Waals surface area contributed by atoms with Gasteiger partial charge in [0.15, 0.2) is 0 Å². The Morgan fingerprint density at radius 1 is 0.867 bits per heavy atom. The fourth-order valence-electron chi connectivity index (χ4n) is 9.97. The number of nitrogens with zero attached hydrogens (tertiary/aromatic N) is 1. The summed E-state index contributed by atoms with van der Waals surface area (Å²) in [6.45, 7) is 7.12. The Morgan fingerprint density at radius 3 is 2.18 bits per heavy atom. The normalized spacial score (nSPS) is 23.7. The molecule has 2 aromatic carbocycles. The van der Waals surface area contributed by atoms with Crippen LogP contribution in [0, 0.1) is 23.6 Å². The van der Waals surface area contributed by atoms with Gasteiger partial charge in [0.2, 0.25) is 5.79 Å². The van der Waals surface area contributed by atoms with Crippen LogP contribution in [0.3, 0.4) is 0 Å². The van der Waals surface area contributed by atoms with E-state index in [1.54, 1.807) is 19.2 Å². The summed E-state index contributed by atoms with van der Waals surface area (Å²) in [5.74, 6) is 1.40. The number of aliphatic hydroxyl groups excluding tert-OH is 2. The lowest BCUT2D eigenvalue weighted by Gasteiger charge is -2.58. The van der Waals surface area contributed by atoms with Gasteiger partial charge in [0.05, 0.1) is 23.5 Å². The predicted molar refractivity (Wildman–Crippen MR) is 245 cm³/mol. The molecule has 7 nitrogen and oxygen atoms in total. The van der Waals surface area contributed by atoms with Gasteiger partial charge < -0.3 is 29.3 Å². The smallest absolute Gasteiger partial charge is 0.230 e. The second kappa shape index (κ2) is 26.6. The van der Waals surface area contributed by atoms with Crippen LogP contribution in [0.1, 0.15) is 159 Å². The monoisotopic (exact) mass is 850 g/mol. The molecular formula is C51H76FNO6S. The first-order valence-corrected chi connectivity index (χ1v) is 24.7. The summed E-state index contributed by atoms with van der Waals surface area (Å²) in [5.41, 5.74) is 3.63. The van der Waals surface area contributed by atoms with E-state index in [1.165, 1.54) is 89.5 Å². The lowest BCUT2D eigenvalue weighted by Crippen LogP contribution is -2.64. The third-order valence-electron chi connectivity index (χ3n) is 13.0. The second-order valence-corrected chi connectivity index (χ2v) is 18.6. The summed E-state index contributed by atoms with van der Waals surface area (Å²) in [6, 6.07) is 12.8. The van der Waals surface area contributed by atoms with E-state index in [-0.39, 0.29) is 54.6 Å². The van der Waals surface area contributed by atoms with Crippen molar-refractivity contribution in [3.63, 3.8) is 0 Å². The lowest BCUT2D eigenvalue weighted by molar-refractivity contribution is -0.223. The highest BCUT2D eigenvalue weighted by Crippen LogP contribution is 2.62. The van der Waals surface area contributed by atoms with Gasteiger partial charge in [0.25, 0.3) is 0 Å². The molecule has 0 bridgehead atoms. The van der Waals surface area contributed by atoms with E-state index in [9.17, 15) is 14.6 Å². The van der Waals surface area contributed by atoms with Crippen LogP contribution in [-0.2, 0) is 16.2 Å². The number of oxime groups is 1. The van der Waals surface area contributed by atoms with Crippen LogP contribution in [0.5, 0.6) is 11.5 Å². The Morgan fingerprint density at radius 2 is 1.53 bits per heavy atom. The molecule has 0 spiro atoms. The van der Waals surface area contributed by atoms with Crippen molar-refractivity contribution in [3.8, 4) is 11.5 Å². The number of hydrogen-bond donors (Lipinski definition) is 2. The molecule has 0 radical (unpaired) electrons. The van der Waals surface area contributed by atoms with Crippen molar-refractivity contribution in [2.24, 2.45) is 22.9 Å². The van der Waals surface area contributed by atoms with Gasteiger partial charge in [0.1, 0.15) is 31.0 Å². The van der Waals surface area contributed by atoms with Crippen molar-refractivity contribution < 1.29 is 33.7 Å². The average Bonchev–Trinajstić information content (AvgIpc) is 3.26. The molecule has 1 heterocycles. The molecule has 2 N–H and O–H groups in total. The summed E-state index contributed by atoms with van der Waals surface area (Å²) in [4.78, 5) is 5.59. The van der Waals surface area contributed by atoms with Crippen LogP contribution in [0.4, 0.5) is 4.39 Å². The number of fused-ring (bicyclic) bond motifs is 2. The fraction of sp³-hybridized carbons (Fsp3) is 0.667. The zero-order chi connectivity index (χ0) is 42.4.